The molecule has 1 aromatic rings. The van der Waals surface area contributed by atoms with Gasteiger partial charge in [-0.3, -0.25) is 4.79 Å². The van der Waals surface area contributed by atoms with Crippen LogP contribution in [0.3, 0.4) is 0 Å². The van der Waals surface area contributed by atoms with Crippen LogP contribution in [0.2, 0.25) is 0 Å². The summed E-state index contributed by atoms with van der Waals surface area (Å²) in [5.41, 5.74) is 1.16. The van der Waals surface area contributed by atoms with Crippen molar-refractivity contribution in [3.05, 3.63) is 34.3 Å². The van der Waals surface area contributed by atoms with Gasteiger partial charge in [0, 0.05) is 17.1 Å². The van der Waals surface area contributed by atoms with E-state index in [0.29, 0.717) is 6.54 Å². The first-order valence-corrected chi connectivity index (χ1v) is 7.61. The number of hydrogen-bond donors (Lipinski definition) is 2. The Hall–Kier alpha value is -0.870. The Balaban J connectivity index is 2.40. The number of halogens is 1. The van der Waals surface area contributed by atoms with Gasteiger partial charge in [-0.05, 0) is 31.9 Å². The van der Waals surface area contributed by atoms with Gasteiger partial charge in [-0.1, -0.05) is 47.5 Å². The fourth-order valence-corrected chi connectivity index (χ4v) is 2.30. The topological polar surface area (TPSA) is 41.1 Å². The van der Waals surface area contributed by atoms with E-state index in [0.717, 1.165) is 22.9 Å². The highest BCUT2D eigenvalue weighted by Gasteiger charge is 2.14. The van der Waals surface area contributed by atoms with Gasteiger partial charge in [0.25, 0.3) is 0 Å². The third-order valence-corrected chi connectivity index (χ3v) is 3.83. The van der Waals surface area contributed by atoms with Crippen molar-refractivity contribution < 1.29 is 4.79 Å². The first-order valence-electron chi connectivity index (χ1n) is 6.81. The van der Waals surface area contributed by atoms with Crippen LogP contribution in [0.25, 0.3) is 0 Å². The van der Waals surface area contributed by atoms with Crippen LogP contribution in [-0.2, 0) is 11.3 Å². The molecule has 0 aliphatic heterocycles. The maximum Gasteiger partial charge on any atom is 0.237 e. The van der Waals surface area contributed by atoms with Crippen LogP contribution >= 0.6 is 15.9 Å². The molecular weight excluding hydrogens is 304 g/mol. The van der Waals surface area contributed by atoms with Crippen molar-refractivity contribution in [3.63, 3.8) is 0 Å². The van der Waals surface area contributed by atoms with Crippen molar-refractivity contribution >= 4 is 21.8 Å². The monoisotopic (exact) mass is 326 g/mol. The molecule has 1 aromatic carbocycles. The number of hydrogen-bond acceptors (Lipinski definition) is 2. The molecule has 0 aliphatic rings. The lowest BCUT2D eigenvalue weighted by Gasteiger charge is -2.18. The minimum absolute atomic E-state index is 0.0630. The van der Waals surface area contributed by atoms with Crippen LogP contribution in [0.15, 0.2) is 28.7 Å². The Bertz CT molecular complexity index is 409. The van der Waals surface area contributed by atoms with E-state index in [1.54, 1.807) is 0 Å². The molecule has 0 fully saturated rings. The molecular formula is C15H23BrN2O. The maximum atomic E-state index is 11.9. The second kappa shape index (κ2) is 8.33. The molecule has 2 atom stereocenters. The summed E-state index contributed by atoms with van der Waals surface area (Å²) in [5.74, 6) is 0.0630. The summed E-state index contributed by atoms with van der Waals surface area (Å²) in [5, 5.41) is 6.26. The van der Waals surface area contributed by atoms with Crippen molar-refractivity contribution in [2.45, 2.75) is 52.2 Å². The van der Waals surface area contributed by atoms with Crippen molar-refractivity contribution in [1.29, 1.82) is 0 Å². The largest absolute Gasteiger partial charge is 0.352 e. The fraction of sp³-hybridized carbons (Fsp3) is 0.533. The van der Waals surface area contributed by atoms with Gasteiger partial charge in [0.05, 0.1) is 6.04 Å². The van der Waals surface area contributed by atoms with Gasteiger partial charge < -0.3 is 10.6 Å². The normalized spacial score (nSPS) is 13.9. The van der Waals surface area contributed by atoms with Crippen LogP contribution in [0.1, 0.15) is 39.2 Å². The number of rotatable bonds is 7. The van der Waals surface area contributed by atoms with Gasteiger partial charge in [-0.25, -0.2) is 0 Å². The molecule has 0 radical (unpaired) electrons. The van der Waals surface area contributed by atoms with Gasteiger partial charge in [0.15, 0.2) is 0 Å². The van der Waals surface area contributed by atoms with E-state index in [-0.39, 0.29) is 18.0 Å². The molecule has 1 rings (SSSR count). The van der Waals surface area contributed by atoms with E-state index in [1.807, 2.05) is 38.1 Å². The molecule has 0 bridgehead atoms. The van der Waals surface area contributed by atoms with E-state index in [4.69, 9.17) is 0 Å². The molecule has 0 spiro atoms. The molecule has 4 heteroatoms. The number of amides is 1. The third kappa shape index (κ3) is 5.74. The molecule has 2 N–H and O–H groups in total. The lowest BCUT2D eigenvalue weighted by molar-refractivity contribution is -0.123. The minimum Gasteiger partial charge on any atom is -0.352 e. The summed E-state index contributed by atoms with van der Waals surface area (Å²) in [6.45, 7) is 6.74. The molecule has 1 amide bonds. The first kappa shape index (κ1) is 16.2. The molecule has 19 heavy (non-hydrogen) atoms. The quantitative estimate of drug-likeness (QED) is 0.807. The van der Waals surface area contributed by atoms with Crippen LogP contribution in [0, 0.1) is 0 Å². The highest BCUT2D eigenvalue weighted by Crippen LogP contribution is 2.15. The zero-order chi connectivity index (χ0) is 14.3. The van der Waals surface area contributed by atoms with E-state index >= 15 is 0 Å². The highest BCUT2D eigenvalue weighted by molar-refractivity contribution is 9.10. The van der Waals surface area contributed by atoms with Gasteiger partial charge in [-0.2, -0.15) is 0 Å². The first-order chi connectivity index (χ1) is 9.04. The summed E-state index contributed by atoms with van der Waals surface area (Å²) < 4.78 is 1.06. The van der Waals surface area contributed by atoms with Crippen molar-refractivity contribution in [1.82, 2.24) is 10.6 Å². The summed E-state index contributed by atoms with van der Waals surface area (Å²) in [6, 6.07) is 8.08. The Morgan fingerprint density at radius 1 is 1.32 bits per heavy atom. The van der Waals surface area contributed by atoms with Crippen LogP contribution in [0.4, 0.5) is 0 Å². The molecule has 106 valence electrons. The number of nitrogens with one attached hydrogen (secondary N) is 2. The predicted octanol–water partition coefficient (Wildman–Crippen LogP) is 3.23. The van der Waals surface area contributed by atoms with E-state index in [1.165, 1.54) is 0 Å². The second-order valence-corrected chi connectivity index (χ2v) is 5.75. The molecule has 0 aromatic heterocycles. The second-order valence-electron chi connectivity index (χ2n) is 4.89. The Labute approximate surface area is 124 Å². The minimum atomic E-state index is -0.189. The highest BCUT2D eigenvalue weighted by atomic mass is 79.9. The molecule has 3 nitrogen and oxygen atoms in total. The summed E-state index contributed by atoms with van der Waals surface area (Å²) in [4.78, 5) is 11.9. The third-order valence-electron chi connectivity index (χ3n) is 3.06. The average Bonchev–Trinajstić information content (AvgIpc) is 2.37. The number of carbonyl (C=O) groups is 1. The molecule has 0 saturated carbocycles. The Morgan fingerprint density at radius 3 is 2.63 bits per heavy atom. The lowest BCUT2D eigenvalue weighted by atomic mass is 10.1. The van der Waals surface area contributed by atoms with Crippen molar-refractivity contribution in [2.75, 3.05) is 0 Å². The van der Waals surface area contributed by atoms with Gasteiger partial charge in [0.2, 0.25) is 5.91 Å². The van der Waals surface area contributed by atoms with Crippen LogP contribution < -0.4 is 10.6 Å². The van der Waals surface area contributed by atoms with Crippen molar-refractivity contribution in [3.8, 4) is 0 Å². The molecule has 0 aliphatic carbocycles. The molecule has 2 unspecified atom stereocenters. The van der Waals surface area contributed by atoms with Gasteiger partial charge in [0.1, 0.15) is 0 Å². The van der Waals surface area contributed by atoms with Crippen LogP contribution in [0.5, 0.6) is 0 Å². The zero-order valence-corrected chi connectivity index (χ0v) is 13.5. The fourth-order valence-electron chi connectivity index (χ4n) is 1.87. The standard InChI is InChI=1S/C15H23BrN2O/c1-4-7-11(2)18-15(19)12(3)17-10-13-8-5-6-9-14(13)16/h5-6,8-9,11-12,17H,4,7,10H2,1-3H3,(H,18,19). The van der Waals surface area contributed by atoms with E-state index in [9.17, 15) is 4.79 Å². The number of benzene rings is 1. The van der Waals surface area contributed by atoms with Gasteiger partial charge >= 0.3 is 0 Å². The molecule has 0 heterocycles. The van der Waals surface area contributed by atoms with Gasteiger partial charge in [-0.15, -0.1) is 0 Å². The summed E-state index contributed by atoms with van der Waals surface area (Å²) >= 11 is 3.50. The number of carbonyl (C=O) groups excluding carboxylic acids is 1. The summed E-state index contributed by atoms with van der Waals surface area (Å²) in [6.07, 6.45) is 2.10. The SMILES string of the molecule is CCCC(C)NC(=O)C(C)NCc1ccccc1Br. The summed E-state index contributed by atoms with van der Waals surface area (Å²) in [7, 11) is 0. The van der Waals surface area contributed by atoms with Crippen molar-refractivity contribution in [2.24, 2.45) is 0 Å². The Kier molecular flexibility index (Phi) is 7.10. The maximum absolute atomic E-state index is 11.9. The Morgan fingerprint density at radius 2 is 2.00 bits per heavy atom. The predicted molar refractivity (Wildman–Crippen MR) is 83.0 cm³/mol. The van der Waals surface area contributed by atoms with Crippen LogP contribution in [-0.4, -0.2) is 18.0 Å². The lowest BCUT2D eigenvalue weighted by Crippen LogP contribution is -2.45. The average molecular weight is 327 g/mol. The van der Waals surface area contributed by atoms with E-state index < -0.39 is 0 Å². The molecule has 0 saturated heterocycles. The van der Waals surface area contributed by atoms with E-state index in [2.05, 4.69) is 33.5 Å². The smallest absolute Gasteiger partial charge is 0.237 e. The zero-order valence-electron chi connectivity index (χ0n) is 11.9.